The van der Waals surface area contributed by atoms with E-state index >= 15 is 0 Å². The molecule has 0 fully saturated rings. The molecule has 0 heterocycles. The van der Waals surface area contributed by atoms with Gasteiger partial charge in [-0.2, -0.15) is 0 Å². The molecule has 3 heteroatoms. The number of esters is 1. The van der Waals surface area contributed by atoms with E-state index in [0.717, 1.165) is 12.8 Å². The molecule has 0 radical (unpaired) electrons. The lowest BCUT2D eigenvalue weighted by atomic mass is 10.1. The Morgan fingerprint density at radius 3 is 1.71 bits per heavy atom. The van der Waals surface area contributed by atoms with Crippen LogP contribution in [0.15, 0.2) is 12.2 Å². The van der Waals surface area contributed by atoms with Crippen molar-refractivity contribution in [2.75, 3.05) is 13.2 Å². The van der Waals surface area contributed by atoms with E-state index in [0.29, 0.717) is 6.61 Å². The van der Waals surface area contributed by atoms with Gasteiger partial charge in [0.05, 0.1) is 18.8 Å². The Kier molecular flexibility index (Phi) is 14.9. The number of rotatable bonds is 15. The summed E-state index contributed by atoms with van der Waals surface area (Å²) in [4.78, 5) is 11.2. The number of hydrogen-bond acceptors (Lipinski definition) is 3. The highest BCUT2D eigenvalue weighted by Gasteiger charge is 2.05. The maximum absolute atomic E-state index is 11.2. The van der Waals surface area contributed by atoms with Crippen molar-refractivity contribution in [2.45, 2.75) is 84.0 Å². The molecule has 0 aliphatic rings. The van der Waals surface area contributed by atoms with Crippen LogP contribution < -0.4 is 0 Å². The van der Waals surface area contributed by atoms with Crippen LogP contribution in [0.4, 0.5) is 0 Å². The van der Waals surface area contributed by atoms with Crippen molar-refractivity contribution in [1.29, 1.82) is 0 Å². The number of aliphatic hydroxyl groups is 1. The molecule has 0 unspecified atom stereocenters. The van der Waals surface area contributed by atoms with Crippen molar-refractivity contribution in [3.05, 3.63) is 12.2 Å². The van der Waals surface area contributed by atoms with Crippen molar-refractivity contribution < 1.29 is 14.6 Å². The van der Waals surface area contributed by atoms with Gasteiger partial charge in [0.2, 0.25) is 0 Å². The Morgan fingerprint density at radius 2 is 1.29 bits per heavy atom. The zero-order chi connectivity index (χ0) is 15.8. The van der Waals surface area contributed by atoms with E-state index in [2.05, 4.69) is 13.5 Å². The summed E-state index contributed by atoms with van der Waals surface area (Å²) < 4.78 is 4.99. The summed E-state index contributed by atoms with van der Waals surface area (Å²) in [7, 11) is 0. The number of carbonyl (C=O) groups is 1. The minimum absolute atomic E-state index is 0.133. The molecule has 0 aliphatic heterocycles. The molecule has 0 atom stereocenters. The molecule has 3 nitrogen and oxygen atoms in total. The molecule has 21 heavy (non-hydrogen) atoms. The molecule has 0 saturated carbocycles. The second-order valence-corrected chi connectivity index (χ2v) is 5.79. The van der Waals surface area contributed by atoms with Crippen molar-refractivity contribution in [2.24, 2.45) is 0 Å². The highest BCUT2D eigenvalue weighted by molar-refractivity contribution is 5.87. The van der Waals surface area contributed by atoms with Gasteiger partial charge in [-0.25, -0.2) is 4.79 Å². The first-order valence-electron chi connectivity index (χ1n) is 8.68. The first kappa shape index (κ1) is 20.2. The smallest absolute Gasteiger partial charge is 0.335 e. The van der Waals surface area contributed by atoms with Gasteiger partial charge in [-0.1, -0.05) is 84.1 Å². The van der Waals surface area contributed by atoms with Crippen LogP contribution in [0.5, 0.6) is 0 Å². The predicted molar refractivity (Wildman–Crippen MR) is 88.3 cm³/mol. The number of carbonyl (C=O) groups excluding carboxylic acids is 1. The second kappa shape index (κ2) is 15.6. The zero-order valence-electron chi connectivity index (χ0n) is 13.9. The SMILES string of the molecule is C=C(CO)C(=O)OCCCCCCCCCCCCCC. The van der Waals surface area contributed by atoms with E-state index in [-0.39, 0.29) is 12.2 Å². The summed E-state index contributed by atoms with van der Waals surface area (Å²) >= 11 is 0. The molecule has 0 saturated heterocycles. The van der Waals surface area contributed by atoms with E-state index in [1.165, 1.54) is 64.2 Å². The largest absolute Gasteiger partial charge is 0.462 e. The van der Waals surface area contributed by atoms with Gasteiger partial charge in [0, 0.05) is 0 Å². The van der Waals surface area contributed by atoms with Gasteiger partial charge in [0.25, 0.3) is 0 Å². The number of unbranched alkanes of at least 4 members (excludes halogenated alkanes) is 11. The topological polar surface area (TPSA) is 46.5 Å². The molecule has 0 bridgehead atoms. The van der Waals surface area contributed by atoms with Crippen molar-refractivity contribution in [1.82, 2.24) is 0 Å². The molecule has 0 aromatic carbocycles. The second-order valence-electron chi connectivity index (χ2n) is 5.79. The van der Waals surface area contributed by atoms with Crippen LogP contribution in [-0.4, -0.2) is 24.3 Å². The average molecular weight is 298 g/mol. The summed E-state index contributed by atoms with van der Waals surface area (Å²) in [6.45, 7) is 5.80. The van der Waals surface area contributed by atoms with Gasteiger partial charge in [-0.05, 0) is 6.42 Å². The first-order chi connectivity index (χ1) is 10.2. The molecule has 0 rings (SSSR count). The molecule has 0 aromatic rings. The lowest BCUT2D eigenvalue weighted by Gasteiger charge is -2.05. The molecular weight excluding hydrogens is 264 g/mol. The lowest BCUT2D eigenvalue weighted by Crippen LogP contribution is -2.10. The number of ether oxygens (including phenoxy) is 1. The average Bonchev–Trinajstić information content (AvgIpc) is 2.50. The fraction of sp³-hybridized carbons (Fsp3) is 0.833. The van der Waals surface area contributed by atoms with Crippen LogP contribution in [-0.2, 0) is 9.53 Å². The maximum Gasteiger partial charge on any atom is 0.335 e. The molecule has 124 valence electrons. The maximum atomic E-state index is 11.2. The minimum atomic E-state index is -0.472. The van der Waals surface area contributed by atoms with Crippen LogP contribution in [0.1, 0.15) is 84.0 Å². The fourth-order valence-corrected chi connectivity index (χ4v) is 2.27. The van der Waals surface area contributed by atoms with E-state index < -0.39 is 5.97 Å². The Bertz CT molecular complexity index is 261. The standard InChI is InChI=1S/C18H34O3/c1-3-4-5-6-7-8-9-10-11-12-13-14-15-21-18(20)17(2)16-19/h19H,2-16H2,1H3. The molecule has 1 N–H and O–H groups in total. The van der Waals surface area contributed by atoms with Crippen LogP contribution in [0, 0.1) is 0 Å². The monoisotopic (exact) mass is 298 g/mol. The highest BCUT2D eigenvalue weighted by Crippen LogP contribution is 2.11. The Hall–Kier alpha value is -0.830. The van der Waals surface area contributed by atoms with Crippen LogP contribution in [0.2, 0.25) is 0 Å². The third kappa shape index (κ3) is 13.9. The minimum Gasteiger partial charge on any atom is -0.462 e. The molecule has 0 spiro atoms. The highest BCUT2D eigenvalue weighted by atomic mass is 16.5. The molecular formula is C18H34O3. The van der Waals surface area contributed by atoms with Crippen LogP contribution >= 0.6 is 0 Å². The van der Waals surface area contributed by atoms with Gasteiger partial charge < -0.3 is 9.84 Å². The van der Waals surface area contributed by atoms with Gasteiger partial charge >= 0.3 is 5.97 Å². The van der Waals surface area contributed by atoms with Crippen molar-refractivity contribution in [3.63, 3.8) is 0 Å². The van der Waals surface area contributed by atoms with Crippen LogP contribution in [0.3, 0.4) is 0 Å². The van der Waals surface area contributed by atoms with Gasteiger partial charge in [-0.3, -0.25) is 0 Å². The zero-order valence-corrected chi connectivity index (χ0v) is 13.9. The molecule has 0 aliphatic carbocycles. The number of aliphatic hydroxyl groups excluding tert-OH is 1. The summed E-state index contributed by atoms with van der Waals surface area (Å²) in [5.41, 5.74) is 0.133. The van der Waals surface area contributed by atoms with Crippen molar-refractivity contribution >= 4 is 5.97 Å². The third-order valence-corrected chi connectivity index (χ3v) is 3.71. The summed E-state index contributed by atoms with van der Waals surface area (Å²) in [5, 5.41) is 8.71. The van der Waals surface area contributed by atoms with E-state index in [1.807, 2.05) is 0 Å². The first-order valence-corrected chi connectivity index (χ1v) is 8.68. The van der Waals surface area contributed by atoms with E-state index in [9.17, 15) is 4.79 Å². The summed E-state index contributed by atoms with van der Waals surface area (Å²) in [6.07, 6.45) is 15.5. The lowest BCUT2D eigenvalue weighted by molar-refractivity contribution is -0.139. The van der Waals surface area contributed by atoms with Crippen molar-refractivity contribution in [3.8, 4) is 0 Å². The Balaban J connectivity index is 3.12. The molecule has 0 aromatic heterocycles. The predicted octanol–water partition coefficient (Wildman–Crippen LogP) is 4.78. The normalized spacial score (nSPS) is 10.6. The van der Waals surface area contributed by atoms with Crippen LogP contribution in [0.25, 0.3) is 0 Å². The Labute approximate surface area is 130 Å². The molecule has 0 amide bonds. The fourth-order valence-electron chi connectivity index (χ4n) is 2.27. The van der Waals surface area contributed by atoms with Gasteiger partial charge in [-0.15, -0.1) is 0 Å². The summed E-state index contributed by atoms with van der Waals surface area (Å²) in [6, 6.07) is 0. The third-order valence-electron chi connectivity index (χ3n) is 3.71. The quantitative estimate of drug-likeness (QED) is 0.269. The van der Waals surface area contributed by atoms with Gasteiger partial charge in [0.15, 0.2) is 0 Å². The van der Waals surface area contributed by atoms with Gasteiger partial charge in [0.1, 0.15) is 0 Å². The van der Waals surface area contributed by atoms with E-state index in [4.69, 9.17) is 9.84 Å². The Morgan fingerprint density at radius 1 is 0.857 bits per heavy atom. The van der Waals surface area contributed by atoms with E-state index in [1.54, 1.807) is 0 Å². The number of hydrogen-bond donors (Lipinski definition) is 1. The summed E-state index contributed by atoms with van der Waals surface area (Å²) in [5.74, 6) is -0.472.